The van der Waals surface area contributed by atoms with E-state index in [4.69, 9.17) is 0 Å². The van der Waals surface area contributed by atoms with Crippen molar-refractivity contribution in [2.75, 3.05) is 6.54 Å². The summed E-state index contributed by atoms with van der Waals surface area (Å²) in [6.07, 6.45) is 1.43. The van der Waals surface area contributed by atoms with Crippen molar-refractivity contribution in [2.45, 2.75) is 85.4 Å². The van der Waals surface area contributed by atoms with Gasteiger partial charge in [-0.3, -0.25) is 0 Å². The SMILES string of the molecule is CC[CH2][In]1[CH](C)C(C)C(C)N(CC)C(C)C(C)[CH]1C. The second-order valence-electron chi connectivity index (χ2n) is 7.20. The van der Waals surface area contributed by atoms with Gasteiger partial charge >= 0.3 is 130 Å². The fourth-order valence-electron chi connectivity index (χ4n) is 4.55. The molecule has 112 valence electrons. The van der Waals surface area contributed by atoms with Crippen LogP contribution in [-0.2, 0) is 0 Å². The molecule has 1 rings (SSSR count). The molecule has 6 unspecified atom stereocenters. The van der Waals surface area contributed by atoms with Gasteiger partial charge in [0.05, 0.1) is 0 Å². The number of hydrogen-bond donors (Lipinski definition) is 0. The van der Waals surface area contributed by atoms with Crippen molar-refractivity contribution >= 4 is 21.4 Å². The molecule has 0 spiro atoms. The van der Waals surface area contributed by atoms with Gasteiger partial charge in [-0.2, -0.15) is 0 Å². The van der Waals surface area contributed by atoms with Crippen molar-refractivity contribution < 1.29 is 0 Å². The minimum atomic E-state index is -1.44. The van der Waals surface area contributed by atoms with Gasteiger partial charge in [-0.1, -0.05) is 0 Å². The van der Waals surface area contributed by atoms with Crippen molar-refractivity contribution in [1.29, 1.82) is 0 Å². The number of hydrogen-bond acceptors (Lipinski definition) is 1. The molecule has 6 atom stereocenters. The van der Waals surface area contributed by atoms with Gasteiger partial charge in [0.1, 0.15) is 0 Å². The summed E-state index contributed by atoms with van der Waals surface area (Å²) >= 11 is -1.44. The number of nitrogens with zero attached hydrogens (tertiary/aromatic N) is 1. The third-order valence-corrected chi connectivity index (χ3v) is 21.3. The van der Waals surface area contributed by atoms with E-state index in [1.54, 1.807) is 4.18 Å². The summed E-state index contributed by atoms with van der Waals surface area (Å²) in [5.41, 5.74) is 0. The van der Waals surface area contributed by atoms with E-state index in [0.29, 0.717) is 0 Å². The molecule has 19 heavy (non-hydrogen) atoms. The Morgan fingerprint density at radius 3 is 1.53 bits per heavy atom. The molecule has 0 aliphatic carbocycles. The van der Waals surface area contributed by atoms with E-state index in [0.717, 1.165) is 31.3 Å². The molecule has 0 bridgehead atoms. The summed E-state index contributed by atoms with van der Waals surface area (Å²) < 4.78 is 3.72. The molecule has 0 saturated carbocycles. The molecular formula is C17H36InN. The average molecular weight is 369 g/mol. The van der Waals surface area contributed by atoms with Crippen molar-refractivity contribution in [3.05, 3.63) is 0 Å². The van der Waals surface area contributed by atoms with Crippen molar-refractivity contribution in [2.24, 2.45) is 11.8 Å². The molecule has 0 aromatic heterocycles. The van der Waals surface area contributed by atoms with Crippen LogP contribution in [-0.4, -0.2) is 45.0 Å². The topological polar surface area (TPSA) is 3.24 Å². The molecule has 1 saturated heterocycles. The second kappa shape index (κ2) is 7.73. The van der Waals surface area contributed by atoms with Crippen LogP contribution in [0, 0.1) is 11.8 Å². The fourth-order valence-corrected chi connectivity index (χ4v) is 18.5. The first-order valence-electron chi connectivity index (χ1n) is 8.62. The zero-order valence-corrected chi connectivity index (χ0v) is 17.9. The molecule has 1 aliphatic rings. The first-order chi connectivity index (χ1) is 8.86. The van der Waals surface area contributed by atoms with Gasteiger partial charge in [-0.25, -0.2) is 0 Å². The maximum absolute atomic E-state index is 2.77. The Morgan fingerprint density at radius 1 is 0.789 bits per heavy atom. The summed E-state index contributed by atoms with van der Waals surface area (Å²) in [4.78, 5) is 2.77. The zero-order chi connectivity index (χ0) is 14.7. The summed E-state index contributed by atoms with van der Waals surface area (Å²) in [5.74, 6) is 1.79. The molecule has 2 heteroatoms. The van der Waals surface area contributed by atoms with Crippen LogP contribution in [0.25, 0.3) is 0 Å². The van der Waals surface area contributed by atoms with E-state index in [1.165, 1.54) is 13.0 Å². The third-order valence-electron chi connectivity index (χ3n) is 6.56. The zero-order valence-electron chi connectivity index (χ0n) is 14.6. The van der Waals surface area contributed by atoms with E-state index >= 15 is 0 Å². The Kier molecular flexibility index (Phi) is 7.27. The van der Waals surface area contributed by atoms with Gasteiger partial charge in [-0.05, 0) is 0 Å². The molecule has 1 fully saturated rings. The van der Waals surface area contributed by atoms with Crippen molar-refractivity contribution in [1.82, 2.24) is 4.90 Å². The van der Waals surface area contributed by atoms with Gasteiger partial charge in [0.2, 0.25) is 0 Å². The molecule has 0 aromatic rings. The van der Waals surface area contributed by atoms with Crippen molar-refractivity contribution in [3.8, 4) is 0 Å². The second-order valence-corrected chi connectivity index (χ2v) is 18.6. The quantitative estimate of drug-likeness (QED) is 0.673. The Morgan fingerprint density at radius 2 is 1.21 bits per heavy atom. The molecule has 1 aliphatic heterocycles. The van der Waals surface area contributed by atoms with Crippen LogP contribution in [0.2, 0.25) is 11.5 Å². The van der Waals surface area contributed by atoms with Gasteiger partial charge in [0.15, 0.2) is 0 Å². The van der Waals surface area contributed by atoms with E-state index in [2.05, 4.69) is 60.3 Å². The van der Waals surface area contributed by atoms with Crippen LogP contribution < -0.4 is 0 Å². The molecule has 0 amide bonds. The van der Waals surface area contributed by atoms with Crippen LogP contribution in [0.1, 0.15) is 61.8 Å². The predicted molar refractivity (Wildman–Crippen MR) is 89.3 cm³/mol. The van der Waals surface area contributed by atoms with Crippen LogP contribution in [0.15, 0.2) is 0 Å². The normalized spacial score (nSPS) is 42.0. The Hall–Kier alpha value is 0.830. The van der Waals surface area contributed by atoms with Crippen LogP contribution in [0.3, 0.4) is 0 Å². The fraction of sp³-hybridized carbons (Fsp3) is 1.00. The maximum atomic E-state index is 2.77. The van der Waals surface area contributed by atoms with E-state index < -0.39 is 21.4 Å². The summed E-state index contributed by atoms with van der Waals surface area (Å²) in [7, 11) is 0. The molecular weight excluding hydrogens is 333 g/mol. The molecule has 1 heterocycles. The molecule has 1 nitrogen and oxygen atoms in total. The van der Waals surface area contributed by atoms with E-state index in [-0.39, 0.29) is 0 Å². The minimum absolute atomic E-state index is 0.765. The Balaban J connectivity index is 3.05. The van der Waals surface area contributed by atoms with E-state index in [9.17, 15) is 0 Å². The summed E-state index contributed by atoms with van der Waals surface area (Å²) in [6.45, 7) is 21.2. The molecule has 0 N–H and O–H groups in total. The van der Waals surface area contributed by atoms with Gasteiger partial charge in [-0.15, -0.1) is 0 Å². The first-order valence-corrected chi connectivity index (χ1v) is 14.8. The van der Waals surface area contributed by atoms with Crippen LogP contribution >= 0.6 is 0 Å². The predicted octanol–water partition coefficient (Wildman–Crippen LogP) is 5.06. The van der Waals surface area contributed by atoms with E-state index in [1.807, 2.05) is 0 Å². The van der Waals surface area contributed by atoms with Gasteiger partial charge in [0.25, 0.3) is 0 Å². The van der Waals surface area contributed by atoms with Crippen LogP contribution in [0.5, 0.6) is 0 Å². The molecule has 0 aromatic carbocycles. The van der Waals surface area contributed by atoms with Gasteiger partial charge in [0, 0.05) is 0 Å². The average Bonchev–Trinajstić information content (AvgIpc) is 2.41. The first kappa shape index (κ1) is 17.9. The van der Waals surface area contributed by atoms with Crippen molar-refractivity contribution in [3.63, 3.8) is 0 Å². The number of rotatable bonds is 3. The standard InChI is InChI=1S/C14H29N.C3H7.In/c1-8-11(4)13(6)15(10-3)14(7)12(5)9-2;1-3-2;/h8-9,11-14H,10H2,1-7H3;1,3H2,2H3;. The third kappa shape index (κ3) is 3.73. The van der Waals surface area contributed by atoms with Crippen LogP contribution in [0.4, 0.5) is 0 Å². The summed E-state index contributed by atoms with van der Waals surface area (Å²) in [5, 5.41) is 0. The Labute approximate surface area is 130 Å². The Bertz CT molecular complexity index is 246. The van der Waals surface area contributed by atoms with Gasteiger partial charge < -0.3 is 0 Å². The summed E-state index contributed by atoms with van der Waals surface area (Å²) in [6, 6.07) is 1.53. The monoisotopic (exact) mass is 369 g/mol. The molecule has 0 radical (unpaired) electrons.